The maximum absolute atomic E-state index is 12.7. The molecule has 0 saturated heterocycles. The smallest absolute Gasteiger partial charge is 0.269 e. The molecule has 8 nitrogen and oxygen atoms in total. The van der Waals surface area contributed by atoms with Crippen molar-refractivity contribution in [1.82, 2.24) is 20.4 Å². The Morgan fingerprint density at radius 3 is 2.03 bits per heavy atom. The van der Waals surface area contributed by atoms with Crippen molar-refractivity contribution in [2.75, 3.05) is 7.11 Å². The van der Waals surface area contributed by atoms with Crippen LogP contribution < -0.4 is 21.1 Å². The number of rotatable bonds is 4. The summed E-state index contributed by atoms with van der Waals surface area (Å²) in [7, 11) is 1.54. The number of methoxy groups -OCH3 is 1. The lowest BCUT2D eigenvalue weighted by Crippen LogP contribution is -2.41. The first-order valence-electron chi connectivity index (χ1n) is 9.38. The van der Waals surface area contributed by atoms with Crippen LogP contribution in [-0.2, 0) is 0 Å². The third-order valence-corrected chi connectivity index (χ3v) is 4.71. The third kappa shape index (κ3) is 4.13. The fourth-order valence-corrected chi connectivity index (χ4v) is 3.03. The Balaban J connectivity index is 1.45. The van der Waals surface area contributed by atoms with Gasteiger partial charge in [-0.1, -0.05) is 12.1 Å². The summed E-state index contributed by atoms with van der Waals surface area (Å²) in [5, 5.41) is 0.507. The number of hydrogen-bond donors (Lipinski definition) is 2. The summed E-state index contributed by atoms with van der Waals surface area (Å²) >= 11 is 0. The van der Waals surface area contributed by atoms with Gasteiger partial charge in [0.05, 0.1) is 23.7 Å². The summed E-state index contributed by atoms with van der Waals surface area (Å²) in [5.41, 5.74) is 6.42. The van der Waals surface area contributed by atoms with Gasteiger partial charge in [-0.05, 0) is 60.7 Å². The summed E-state index contributed by atoms with van der Waals surface area (Å²) in [6, 6.07) is 20.0. The molecule has 0 radical (unpaired) electrons. The molecule has 4 aromatic rings. The fraction of sp³-hybridized carbons (Fsp3) is 0.0435. The van der Waals surface area contributed by atoms with Crippen LogP contribution in [0.4, 0.5) is 0 Å². The number of aromatic nitrogens is 2. The topological polar surface area (TPSA) is 102 Å². The van der Waals surface area contributed by atoms with Gasteiger partial charge in [0.1, 0.15) is 12.1 Å². The molecule has 0 unspecified atom stereocenters. The normalized spacial score (nSPS) is 10.5. The van der Waals surface area contributed by atoms with Crippen molar-refractivity contribution in [2.24, 2.45) is 0 Å². The van der Waals surface area contributed by atoms with Crippen LogP contribution >= 0.6 is 0 Å². The fourth-order valence-electron chi connectivity index (χ4n) is 3.03. The van der Waals surface area contributed by atoms with Crippen LogP contribution in [0.1, 0.15) is 20.7 Å². The molecular weight excluding hydrogens is 396 g/mol. The second kappa shape index (κ2) is 8.50. The number of ether oxygens (including phenoxy) is 1. The maximum Gasteiger partial charge on any atom is 0.269 e. The zero-order valence-corrected chi connectivity index (χ0v) is 16.5. The number of fused-ring (bicyclic) bond motifs is 1. The summed E-state index contributed by atoms with van der Waals surface area (Å²) in [4.78, 5) is 41.5. The second-order valence-corrected chi connectivity index (χ2v) is 6.62. The van der Waals surface area contributed by atoms with Crippen molar-refractivity contribution in [3.05, 3.63) is 101 Å². The number of benzene rings is 3. The first kappa shape index (κ1) is 19.8. The molecular formula is C23H18N4O4. The first-order valence-corrected chi connectivity index (χ1v) is 9.38. The van der Waals surface area contributed by atoms with E-state index in [2.05, 4.69) is 15.8 Å². The highest BCUT2D eigenvalue weighted by Crippen LogP contribution is 2.12. The highest BCUT2D eigenvalue weighted by molar-refractivity contribution is 5.99. The lowest BCUT2D eigenvalue weighted by molar-refractivity contribution is 0.0846. The molecule has 0 fully saturated rings. The van der Waals surface area contributed by atoms with Crippen molar-refractivity contribution in [1.29, 1.82) is 0 Å². The predicted octanol–water partition coefficient (Wildman–Crippen LogP) is 2.47. The van der Waals surface area contributed by atoms with Gasteiger partial charge in [0, 0.05) is 11.1 Å². The number of carbonyl (C=O) groups excluding carboxylic acids is 2. The van der Waals surface area contributed by atoms with Gasteiger partial charge in [0.15, 0.2) is 0 Å². The maximum atomic E-state index is 12.7. The quantitative estimate of drug-likeness (QED) is 0.500. The molecule has 154 valence electrons. The Kier molecular flexibility index (Phi) is 5.44. The molecule has 0 atom stereocenters. The second-order valence-electron chi connectivity index (χ2n) is 6.62. The molecule has 0 aliphatic carbocycles. The van der Waals surface area contributed by atoms with Gasteiger partial charge in [-0.3, -0.25) is 29.8 Å². The minimum Gasteiger partial charge on any atom is -0.497 e. The number of para-hydroxylation sites is 1. The summed E-state index contributed by atoms with van der Waals surface area (Å²) in [6.45, 7) is 0. The molecule has 0 aliphatic rings. The third-order valence-electron chi connectivity index (χ3n) is 4.71. The van der Waals surface area contributed by atoms with Gasteiger partial charge in [-0.2, -0.15) is 0 Å². The average Bonchev–Trinajstić information content (AvgIpc) is 2.83. The van der Waals surface area contributed by atoms with Gasteiger partial charge in [0.25, 0.3) is 17.4 Å². The van der Waals surface area contributed by atoms with Crippen molar-refractivity contribution in [2.45, 2.75) is 0 Å². The van der Waals surface area contributed by atoms with E-state index in [1.807, 2.05) is 6.07 Å². The number of nitrogens with one attached hydrogen (secondary N) is 2. The SMILES string of the molecule is COc1ccc(C(=O)NNC(=O)c2ccc(-n3cnc4ccccc4c3=O)cc2)cc1. The summed E-state index contributed by atoms with van der Waals surface area (Å²) in [5.74, 6) is -0.319. The molecule has 0 spiro atoms. The van der Waals surface area contributed by atoms with E-state index >= 15 is 0 Å². The van der Waals surface area contributed by atoms with Gasteiger partial charge in [-0.15, -0.1) is 0 Å². The standard InChI is InChI=1S/C23H18N4O4/c1-31-18-12-8-16(9-13-18)22(29)26-25-21(28)15-6-10-17(11-7-15)27-14-24-20-5-3-2-4-19(20)23(27)30/h2-14H,1H3,(H,25,28)(H,26,29). The molecule has 31 heavy (non-hydrogen) atoms. The molecule has 8 heteroatoms. The van der Waals surface area contributed by atoms with Crippen LogP contribution in [0.25, 0.3) is 16.6 Å². The highest BCUT2D eigenvalue weighted by atomic mass is 16.5. The minimum atomic E-state index is -0.489. The first-order chi connectivity index (χ1) is 15.1. The monoisotopic (exact) mass is 414 g/mol. The Morgan fingerprint density at radius 1 is 0.839 bits per heavy atom. The van der Waals surface area contributed by atoms with Crippen LogP contribution in [0.2, 0.25) is 0 Å². The minimum absolute atomic E-state index is 0.199. The predicted molar refractivity (Wildman–Crippen MR) is 115 cm³/mol. The van der Waals surface area contributed by atoms with Gasteiger partial charge < -0.3 is 4.74 Å². The zero-order valence-electron chi connectivity index (χ0n) is 16.5. The number of hydrazine groups is 1. The van der Waals surface area contributed by atoms with Crippen molar-refractivity contribution < 1.29 is 14.3 Å². The summed E-state index contributed by atoms with van der Waals surface area (Å²) < 4.78 is 6.46. The van der Waals surface area contributed by atoms with Crippen molar-refractivity contribution in [3.63, 3.8) is 0 Å². The highest BCUT2D eigenvalue weighted by Gasteiger charge is 2.11. The van der Waals surface area contributed by atoms with Crippen LogP contribution in [0, 0.1) is 0 Å². The molecule has 0 bridgehead atoms. The van der Waals surface area contributed by atoms with Crippen LogP contribution in [0.3, 0.4) is 0 Å². The average molecular weight is 414 g/mol. The number of hydrogen-bond acceptors (Lipinski definition) is 5. The van der Waals surface area contributed by atoms with Gasteiger partial charge in [-0.25, -0.2) is 4.98 Å². The number of amides is 2. The molecule has 1 heterocycles. The molecule has 0 aliphatic heterocycles. The van der Waals surface area contributed by atoms with E-state index in [9.17, 15) is 14.4 Å². The van der Waals surface area contributed by atoms with Gasteiger partial charge >= 0.3 is 0 Å². The molecule has 3 aromatic carbocycles. The van der Waals surface area contributed by atoms with Crippen LogP contribution in [-0.4, -0.2) is 28.5 Å². The Hall–Kier alpha value is -4.46. The van der Waals surface area contributed by atoms with E-state index < -0.39 is 11.8 Å². The number of nitrogens with zero attached hydrogens (tertiary/aromatic N) is 2. The van der Waals surface area contributed by atoms with E-state index in [4.69, 9.17) is 4.74 Å². The Bertz CT molecular complexity index is 1310. The number of carbonyl (C=O) groups is 2. The lowest BCUT2D eigenvalue weighted by atomic mass is 10.2. The van der Waals surface area contributed by atoms with Crippen LogP contribution in [0.15, 0.2) is 83.9 Å². The lowest BCUT2D eigenvalue weighted by Gasteiger charge is -2.10. The van der Waals surface area contributed by atoms with E-state index in [1.165, 1.54) is 18.0 Å². The Labute approximate surface area is 177 Å². The largest absolute Gasteiger partial charge is 0.497 e. The van der Waals surface area contributed by atoms with Gasteiger partial charge in [0.2, 0.25) is 0 Å². The molecule has 2 N–H and O–H groups in total. The molecule has 2 amide bonds. The van der Waals surface area contributed by atoms with E-state index in [-0.39, 0.29) is 5.56 Å². The van der Waals surface area contributed by atoms with E-state index in [0.717, 1.165) is 0 Å². The summed E-state index contributed by atoms with van der Waals surface area (Å²) in [6.07, 6.45) is 1.45. The molecule has 4 rings (SSSR count). The zero-order chi connectivity index (χ0) is 21.8. The van der Waals surface area contributed by atoms with Crippen molar-refractivity contribution in [3.8, 4) is 11.4 Å². The van der Waals surface area contributed by atoms with Crippen LogP contribution in [0.5, 0.6) is 5.75 Å². The molecule has 1 aromatic heterocycles. The molecule has 0 saturated carbocycles. The Morgan fingerprint density at radius 2 is 1.42 bits per heavy atom. The van der Waals surface area contributed by atoms with E-state index in [0.29, 0.717) is 33.5 Å². The van der Waals surface area contributed by atoms with Crippen molar-refractivity contribution >= 4 is 22.7 Å². The van der Waals surface area contributed by atoms with E-state index in [1.54, 1.807) is 66.7 Å².